The first kappa shape index (κ1) is 18.1. The largest absolute Gasteiger partial charge is 0.333 e. The van der Waals surface area contributed by atoms with E-state index in [0.29, 0.717) is 21.9 Å². The summed E-state index contributed by atoms with van der Waals surface area (Å²) in [6.07, 6.45) is 1.32. The van der Waals surface area contributed by atoms with Gasteiger partial charge in [0.25, 0.3) is 0 Å². The number of nitrogens with one attached hydrogen (secondary N) is 1. The van der Waals surface area contributed by atoms with Crippen molar-refractivity contribution in [2.24, 2.45) is 0 Å². The van der Waals surface area contributed by atoms with E-state index in [1.165, 1.54) is 6.20 Å². The molecule has 1 aromatic heterocycles. The third-order valence-electron chi connectivity index (χ3n) is 3.82. The summed E-state index contributed by atoms with van der Waals surface area (Å²) in [6, 6.07) is 9.55. The molecule has 1 unspecified atom stereocenters. The highest BCUT2D eigenvalue weighted by Gasteiger charge is 2.24. The van der Waals surface area contributed by atoms with Gasteiger partial charge in [-0.15, -0.1) is 12.4 Å². The molecule has 0 spiro atoms. The van der Waals surface area contributed by atoms with Crippen LogP contribution in [-0.2, 0) is 6.54 Å². The topological polar surface area (TPSA) is 33.1 Å². The third kappa shape index (κ3) is 4.41. The van der Waals surface area contributed by atoms with Gasteiger partial charge < -0.3 is 5.32 Å². The molecular weight excluding hydrogens is 345 g/mol. The van der Waals surface area contributed by atoms with Gasteiger partial charge in [0.05, 0.1) is 5.69 Å². The van der Waals surface area contributed by atoms with Gasteiger partial charge in [-0.1, -0.05) is 23.7 Å². The summed E-state index contributed by atoms with van der Waals surface area (Å²) in [4.78, 5) is 2.24. The average molecular weight is 363 g/mol. The zero-order valence-electron chi connectivity index (χ0n) is 12.3. The molecule has 1 saturated heterocycles. The SMILES string of the molecule is Cl.FC(F)n1ccc(CN2CCNCC2c2cccc(Cl)c2)n1. The van der Waals surface area contributed by atoms with Crippen LogP contribution in [0.25, 0.3) is 0 Å². The lowest BCUT2D eigenvalue weighted by Gasteiger charge is -2.36. The van der Waals surface area contributed by atoms with Crippen LogP contribution < -0.4 is 5.32 Å². The van der Waals surface area contributed by atoms with E-state index in [0.717, 1.165) is 25.2 Å². The van der Waals surface area contributed by atoms with Crippen molar-refractivity contribution in [3.05, 3.63) is 52.8 Å². The average Bonchev–Trinajstić information content (AvgIpc) is 2.97. The van der Waals surface area contributed by atoms with Crippen molar-refractivity contribution in [1.29, 1.82) is 0 Å². The molecule has 126 valence electrons. The minimum atomic E-state index is -2.60. The van der Waals surface area contributed by atoms with Crippen molar-refractivity contribution in [2.75, 3.05) is 19.6 Å². The summed E-state index contributed by atoms with van der Waals surface area (Å²) in [5.74, 6) is 0. The van der Waals surface area contributed by atoms with E-state index in [2.05, 4.69) is 15.3 Å². The quantitative estimate of drug-likeness (QED) is 0.903. The van der Waals surface area contributed by atoms with E-state index in [-0.39, 0.29) is 18.4 Å². The monoisotopic (exact) mass is 362 g/mol. The van der Waals surface area contributed by atoms with Crippen molar-refractivity contribution < 1.29 is 8.78 Å². The summed E-state index contributed by atoms with van der Waals surface area (Å²) in [6.45, 7) is 0.445. The first-order valence-electron chi connectivity index (χ1n) is 7.16. The lowest BCUT2D eigenvalue weighted by atomic mass is 10.0. The van der Waals surface area contributed by atoms with E-state index in [4.69, 9.17) is 11.6 Å². The molecule has 0 amide bonds. The van der Waals surface area contributed by atoms with Crippen molar-refractivity contribution >= 4 is 24.0 Å². The highest BCUT2D eigenvalue weighted by molar-refractivity contribution is 6.30. The number of hydrogen-bond donors (Lipinski definition) is 1. The summed E-state index contributed by atoms with van der Waals surface area (Å²) in [7, 11) is 0. The number of piperazine rings is 1. The van der Waals surface area contributed by atoms with E-state index in [9.17, 15) is 8.78 Å². The minimum Gasteiger partial charge on any atom is -0.314 e. The van der Waals surface area contributed by atoms with E-state index in [1.54, 1.807) is 6.07 Å². The van der Waals surface area contributed by atoms with Crippen LogP contribution in [0.1, 0.15) is 23.8 Å². The molecule has 1 aliphatic heterocycles. The zero-order valence-corrected chi connectivity index (χ0v) is 13.9. The first-order valence-corrected chi connectivity index (χ1v) is 7.54. The number of aromatic nitrogens is 2. The Balaban J connectivity index is 0.00000192. The summed E-state index contributed by atoms with van der Waals surface area (Å²) in [5, 5.41) is 7.99. The summed E-state index contributed by atoms with van der Waals surface area (Å²) in [5.41, 5.74) is 1.77. The number of alkyl halides is 2. The molecule has 2 aromatic rings. The maximum Gasteiger partial charge on any atom is 0.333 e. The molecule has 8 heteroatoms. The Kier molecular flexibility index (Phi) is 6.35. The Morgan fingerprint density at radius 3 is 2.87 bits per heavy atom. The smallest absolute Gasteiger partial charge is 0.314 e. The normalized spacial score (nSPS) is 18.9. The molecule has 3 rings (SSSR count). The second-order valence-electron chi connectivity index (χ2n) is 5.31. The summed E-state index contributed by atoms with van der Waals surface area (Å²) < 4.78 is 25.9. The van der Waals surface area contributed by atoms with Crippen LogP contribution in [0.4, 0.5) is 8.78 Å². The molecular formula is C15H18Cl2F2N4. The van der Waals surface area contributed by atoms with Gasteiger partial charge in [0.2, 0.25) is 0 Å². The van der Waals surface area contributed by atoms with Crippen LogP contribution in [0, 0.1) is 0 Å². The fourth-order valence-electron chi connectivity index (χ4n) is 2.76. The van der Waals surface area contributed by atoms with Gasteiger partial charge in [0, 0.05) is 43.4 Å². The molecule has 1 aromatic carbocycles. The lowest BCUT2D eigenvalue weighted by molar-refractivity contribution is 0.0554. The Hall–Kier alpha value is -1.21. The number of halogens is 4. The number of benzene rings is 1. The zero-order chi connectivity index (χ0) is 15.5. The van der Waals surface area contributed by atoms with Crippen molar-refractivity contribution in [3.8, 4) is 0 Å². The molecule has 0 radical (unpaired) electrons. The van der Waals surface area contributed by atoms with Crippen molar-refractivity contribution in [2.45, 2.75) is 19.1 Å². The molecule has 1 fully saturated rings. The van der Waals surface area contributed by atoms with Crippen molar-refractivity contribution in [1.82, 2.24) is 20.0 Å². The number of hydrogen-bond acceptors (Lipinski definition) is 3. The molecule has 0 aliphatic carbocycles. The fraction of sp³-hybridized carbons (Fsp3) is 0.400. The van der Waals surface area contributed by atoms with Crippen LogP contribution in [0.2, 0.25) is 5.02 Å². The van der Waals surface area contributed by atoms with Crippen molar-refractivity contribution in [3.63, 3.8) is 0 Å². The molecule has 2 heterocycles. The fourth-order valence-corrected chi connectivity index (χ4v) is 2.96. The Morgan fingerprint density at radius 1 is 1.35 bits per heavy atom. The van der Waals surface area contributed by atoms with E-state index in [1.807, 2.05) is 24.3 Å². The van der Waals surface area contributed by atoms with E-state index < -0.39 is 6.55 Å². The summed E-state index contributed by atoms with van der Waals surface area (Å²) >= 11 is 6.07. The highest BCUT2D eigenvalue weighted by atomic mass is 35.5. The standard InChI is InChI=1S/C15H17ClF2N4.ClH/c16-12-3-1-2-11(8-12)14-9-19-5-7-21(14)10-13-4-6-22(20-13)15(17)18;/h1-4,6,8,14-15,19H,5,7,9-10H2;1H. The van der Waals surface area contributed by atoms with Crippen LogP contribution in [-0.4, -0.2) is 34.3 Å². The van der Waals surface area contributed by atoms with Gasteiger partial charge in [-0.05, 0) is 23.8 Å². The van der Waals surface area contributed by atoms with Gasteiger partial charge in [0.1, 0.15) is 0 Å². The first-order chi connectivity index (χ1) is 10.6. The van der Waals surface area contributed by atoms with Gasteiger partial charge in [-0.25, -0.2) is 4.68 Å². The van der Waals surface area contributed by atoms with Crippen LogP contribution in [0.3, 0.4) is 0 Å². The van der Waals surface area contributed by atoms with Gasteiger partial charge >= 0.3 is 6.55 Å². The molecule has 0 bridgehead atoms. The predicted octanol–water partition coefficient (Wildman–Crippen LogP) is 3.50. The maximum atomic E-state index is 12.6. The maximum absolute atomic E-state index is 12.6. The Bertz CT molecular complexity index is 635. The third-order valence-corrected chi connectivity index (χ3v) is 4.05. The van der Waals surface area contributed by atoms with Gasteiger partial charge in [0.15, 0.2) is 0 Å². The highest BCUT2D eigenvalue weighted by Crippen LogP contribution is 2.26. The molecule has 1 atom stereocenters. The predicted molar refractivity (Wildman–Crippen MR) is 88.2 cm³/mol. The Labute approximate surface area is 144 Å². The van der Waals surface area contributed by atoms with Crippen LogP contribution >= 0.6 is 24.0 Å². The van der Waals surface area contributed by atoms with Gasteiger partial charge in [-0.2, -0.15) is 13.9 Å². The molecule has 23 heavy (non-hydrogen) atoms. The van der Waals surface area contributed by atoms with Crippen LogP contribution in [0.5, 0.6) is 0 Å². The Morgan fingerprint density at radius 2 is 2.17 bits per heavy atom. The van der Waals surface area contributed by atoms with Gasteiger partial charge in [-0.3, -0.25) is 4.90 Å². The van der Waals surface area contributed by atoms with E-state index >= 15 is 0 Å². The second-order valence-corrected chi connectivity index (χ2v) is 5.75. The molecule has 0 saturated carbocycles. The molecule has 1 N–H and O–H groups in total. The lowest BCUT2D eigenvalue weighted by Crippen LogP contribution is -2.45. The number of rotatable bonds is 4. The number of nitrogens with zero attached hydrogens (tertiary/aromatic N) is 3. The van der Waals surface area contributed by atoms with Crippen LogP contribution in [0.15, 0.2) is 36.5 Å². The molecule has 1 aliphatic rings. The second kappa shape index (κ2) is 8.06. The molecule has 4 nitrogen and oxygen atoms in total. The minimum absolute atomic E-state index is 0.